The van der Waals surface area contributed by atoms with Crippen LogP contribution in [0.5, 0.6) is 0 Å². The fraction of sp³-hybridized carbons (Fsp3) is 0.462. The van der Waals surface area contributed by atoms with Gasteiger partial charge in [0.25, 0.3) is 5.56 Å². The van der Waals surface area contributed by atoms with E-state index in [9.17, 15) is 4.79 Å². The van der Waals surface area contributed by atoms with Crippen molar-refractivity contribution < 1.29 is 0 Å². The zero-order valence-corrected chi connectivity index (χ0v) is 23.2. The molecule has 5 nitrogen and oxygen atoms in total. The molecule has 5 rings (SSSR count). The van der Waals surface area contributed by atoms with Crippen LogP contribution in [0, 0.1) is 11.3 Å². The minimum Gasteiger partial charge on any atom is -0.332 e. The van der Waals surface area contributed by atoms with Gasteiger partial charge in [-0.3, -0.25) is 4.79 Å². The number of thiocarbonyl (C=S) groups is 1. The molecule has 3 heterocycles. The Bertz CT molecular complexity index is 1440. The molecule has 2 aliphatic rings. The number of nitrogens with zero attached hydrogens (tertiary/aromatic N) is 4. The maximum atomic E-state index is 13.5. The number of unbranched alkanes of at least 4 members (excludes halogenated alkanes) is 4. The van der Waals surface area contributed by atoms with Gasteiger partial charge < -0.3 is 4.90 Å². The van der Waals surface area contributed by atoms with E-state index in [2.05, 4.69) is 36.8 Å². The highest BCUT2D eigenvalue weighted by Gasteiger charge is 2.59. The van der Waals surface area contributed by atoms with Crippen LogP contribution in [0.1, 0.15) is 70.2 Å². The Morgan fingerprint density at radius 2 is 1.94 bits per heavy atom. The number of allylic oxidation sites excluding steroid dienone is 1. The van der Waals surface area contributed by atoms with Crippen LogP contribution >= 0.6 is 46.8 Å². The number of hydrogen-bond donors (Lipinski definition) is 0. The van der Waals surface area contributed by atoms with Gasteiger partial charge in [-0.15, -0.1) is 5.10 Å². The molecule has 0 saturated heterocycles. The lowest BCUT2D eigenvalue weighted by atomic mass is 10.1. The number of hydrogen-bond acceptors (Lipinski definition) is 5. The van der Waals surface area contributed by atoms with Crippen molar-refractivity contribution in [1.82, 2.24) is 14.6 Å². The van der Waals surface area contributed by atoms with Gasteiger partial charge in [0.1, 0.15) is 14.0 Å². The highest BCUT2D eigenvalue weighted by Crippen LogP contribution is 2.64. The number of para-hydroxylation sites is 1. The molecule has 184 valence electrons. The van der Waals surface area contributed by atoms with Crippen LogP contribution in [0.15, 0.2) is 39.6 Å². The summed E-state index contributed by atoms with van der Waals surface area (Å²) < 4.78 is 2.28. The van der Waals surface area contributed by atoms with Crippen molar-refractivity contribution in [3.05, 3.63) is 61.1 Å². The van der Waals surface area contributed by atoms with Crippen LogP contribution in [0.4, 0.5) is 5.69 Å². The Balaban J connectivity index is 1.51. The Hall–Kier alpha value is -1.80. The fourth-order valence-corrected chi connectivity index (χ4v) is 7.00. The van der Waals surface area contributed by atoms with E-state index in [0.717, 1.165) is 29.8 Å². The van der Waals surface area contributed by atoms with Crippen molar-refractivity contribution in [2.24, 2.45) is 11.3 Å². The van der Waals surface area contributed by atoms with E-state index >= 15 is 0 Å². The van der Waals surface area contributed by atoms with Gasteiger partial charge in [0, 0.05) is 29.3 Å². The second-order valence-electron chi connectivity index (χ2n) is 9.95. The van der Waals surface area contributed by atoms with E-state index < -0.39 is 0 Å². The number of aromatic nitrogens is 3. The van der Waals surface area contributed by atoms with E-state index in [-0.39, 0.29) is 27.3 Å². The van der Waals surface area contributed by atoms with Crippen molar-refractivity contribution in [1.29, 1.82) is 0 Å². The highest BCUT2D eigenvalue weighted by atomic mass is 35.5. The summed E-state index contributed by atoms with van der Waals surface area (Å²) in [5.41, 5.74) is 2.69. The minimum atomic E-state index is -0.165. The topological polar surface area (TPSA) is 50.5 Å². The maximum absolute atomic E-state index is 13.5. The zero-order chi connectivity index (χ0) is 24.9. The van der Waals surface area contributed by atoms with Gasteiger partial charge in [0.05, 0.1) is 0 Å². The molecule has 1 fully saturated rings. The molecule has 2 atom stereocenters. The Morgan fingerprint density at radius 3 is 2.66 bits per heavy atom. The molecule has 0 spiro atoms. The summed E-state index contributed by atoms with van der Waals surface area (Å²) in [6, 6.07) is 8.16. The van der Waals surface area contributed by atoms with E-state index in [1.165, 1.54) is 41.5 Å². The monoisotopic (exact) mass is 546 g/mol. The van der Waals surface area contributed by atoms with Crippen molar-refractivity contribution in [3.63, 3.8) is 0 Å². The van der Waals surface area contributed by atoms with Gasteiger partial charge in [-0.05, 0) is 29.9 Å². The number of fused-ring (bicyclic) bond motifs is 2. The molecule has 1 aliphatic heterocycles. The Kier molecular flexibility index (Phi) is 6.81. The molecule has 2 aromatic heterocycles. The first-order chi connectivity index (χ1) is 16.8. The van der Waals surface area contributed by atoms with Gasteiger partial charge in [-0.25, -0.2) is 4.98 Å². The molecule has 0 amide bonds. The maximum Gasteiger partial charge on any atom is 0.291 e. The second kappa shape index (κ2) is 9.58. The summed E-state index contributed by atoms with van der Waals surface area (Å²) in [6.07, 6.45) is 7.81. The predicted molar refractivity (Wildman–Crippen MR) is 150 cm³/mol. The highest BCUT2D eigenvalue weighted by molar-refractivity contribution is 7.81. The summed E-state index contributed by atoms with van der Waals surface area (Å²) in [5, 5.41) is 4.62. The van der Waals surface area contributed by atoms with E-state index in [1.54, 1.807) is 0 Å². The molecule has 35 heavy (non-hydrogen) atoms. The number of anilines is 1. The molecular formula is C26H28Cl2N4OS2. The first kappa shape index (κ1) is 24.9. The molecule has 0 N–H and O–H groups in total. The molecular weight excluding hydrogens is 519 g/mol. The lowest BCUT2D eigenvalue weighted by Gasteiger charge is -2.19. The molecule has 1 aromatic carbocycles. The molecule has 1 saturated carbocycles. The number of rotatable bonds is 8. The van der Waals surface area contributed by atoms with Crippen molar-refractivity contribution >= 4 is 68.0 Å². The average Bonchev–Trinajstić information content (AvgIpc) is 3.13. The Morgan fingerprint density at radius 1 is 1.20 bits per heavy atom. The van der Waals surface area contributed by atoms with E-state index in [1.807, 2.05) is 24.3 Å². The quantitative estimate of drug-likeness (QED) is 0.247. The average molecular weight is 548 g/mol. The molecule has 1 aliphatic carbocycles. The van der Waals surface area contributed by atoms with Gasteiger partial charge in [-0.2, -0.15) is 4.52 Å². The van der Waals surface area contributed by atoms with Crippen LogP contribution < -0.4 is 15.0 Å². The van der Waals surface area contributed by atoms with Crippen molar-refractivity contribution in [2.45, 2.75) is 58.8 Å². The summed E-state index contributed by atoms with van der Waals surface area (Å²) >= 11 is 19.1. The standard InChI is InChI=1S/C26H28Cl2N4OS2/c1-4-5-6-7-10-13-31-17-12-9-8-11-15(17)19(24(31)34)21-23(33)32-25(35-21)29-22(30-32)20-16(14-18(27)28)26(20,2)3/h8-9,11-12,14,16,20H,4-7,10,13H2,1-3H3/b21-19-. The number of halogens is 2. The third-order valence-electron chi connectivity index (χ3n) is 7.30. The zero-order valence-electron chi connectivity index (χ0n) is 20.1. The molecule has 9 heteroatoms. The van der Waals surface area contributed by atoms with Crippen LogP contribution in [0.3, 0.4) is 0 Å². The van der Waals surface area contributed by atoms with Crippen LogP contribution in [0.2, 0.25) is 0 Å². The van der Waals surface area contributed by atoms with Crippen molar-refractivity contribution in [2.75, 3.05) is 11.4 Å². The SMILES string of the molecule is CCCCCCCN1C(=S)/C(=c2\sc3nc(C4C(C=C(Cl)Cl)C4(C)C)nn3c2=O)c2ccccc21. The van der Waals surface area contributed by atoms with E-state index in [0.29, 0.717) is 20.3 Å². The van der Waals surface area contributed by atoms with Gasteiger partial charge in [0.2, 0.25) is 4.96 Å². The van der Waals surface area contributed by atoms with E-state index in [4.69, 9.17) is 40.4 Å². The van der Waals surface area contributed by atoms with Crippen molar-refractivity contribution in [3.8, 4) is 0 Å². The normalized spacial score (nSPS) is 22.1. The lowest BCUT2D eigenvalue weighted by molar-refractivity contribution is 0.585. The van der Waals surface area contributed by atoms with Gasteiger partial charge >= 0.3 is 0 Å². The van der Waals surface area contributed by atoms with Crippen LogP contribution in [0.25, 0.3) is 10.5 Å². The third kappa shape index (κ3) is 4.35. The predicted octanol–water partition coefficient (Wildman–Crippen LogP) is 6.25. The second-order valence-corrected chi connectivity index (χ2v) is 12.3. The fourth-order valence-electron chi connectivity index (χ4n) is 5.24. The molecule has 2 unspecified atom stereocenters. The third-order valence-corrected chi connectivity index (χ3v) is 9.01. The molecule has 0 radical (unpaired) electrons. The minimum absolute atomic E-state index is 0.0592. The number of benzene rings is 1. The smallest absolute Gasteiger partial charge is 0.291 e. The lowest BCUT2D eigenvalue weighted by Crippen LogP contribution is -2.32. The summed E-state index contributed by atoms with van der Waals surface area (Å²) in [6.45, 7) is 7.35. The summed E-state index contributed by atoms with van der Waals surface area (Å²) in [5.74, 6) is 0.886. The van der Waals surface area contributed by atoms with Crippen LogP contribution in [-0.2, 0) is 0 Å². The molecule has 3 aromatic rings. The van der Waals surface area contributed by atoms with Gasteiger partial charge in [0.15, 0.2) is 5.82 Å². The van der Waals surface area contributed by atoms with Gasteiger partial charge in [-0.1, -0.05) is 111 Å². The molecule has 0 bridgehead atoms. The first-order valence-corrected chi connectivity index (χ1v) is 14.1. The summed E-state index contributed by atoms with van der Waals surface area (Å²) in [4.78, 5) is 21.7. The largest absolute Gasteiger partial charge is 0.332 e. The first-order valence-electron chi connectivity index (χ1n) is 12.1. The number of thiazole rings is 1. The Labute approximate surface area is 224 Å². The van der Waals surface area contributed by atoms with Crippen LogP contribution in [-0.4, -0.2) is 26.1 Å². The summed E-state index contributed by atoms with van der Waals surface area (Å²) in [7, 11) is 0.